The molecule has 0 aliphatic carbocycles. The molecule has 0 aliphatic heterocycles. The number of hydrogen-bond donors (Lipinski definition) is 1. The predicted molar refractivity (Wildman–Crippen MR) is 96.5 cm³/mol. The first-order valence-electron chi connectivity index (χ1n) is 7.71. The summed E-state index contributed by atoms with van der Waals surface area (Å²) in [6.07, 6.45) is 0. The van der Waals surface area contributed by atoms with E-state index in [1.54, 1.807) is 36.4 Å². The summed E-state index contributed by atoms with van der Waals surface area (Å²) in [4.78, 5) is 24.6. The molecule has 0 saturated heterocycles. The van der Waals surface area contributed by atoms with Crippen molar-refractivity contribution in [2.75, 3.05) is 26.6 Å². The molecule has 3 aromatic rings. The number of methoxy groups -OCH3 is 3. The maximum absolute atomic E-state index is 12.7. The molecule has 134 valence electrons. The molecular weight excluding hydrogens is 338 g/mol. The fraction of sp³-hybridized carbons (Fsp3) is 0.158. The van der Waals surface area contributed by atoms with Gasteiger partial charge in [-0.25, -0.2) is 4.79 Å². The molecule has 7 nitrogen and oxygen atoms in total. The van der Waals surface area contributed by atoms with Crippen LogP contribution in [0.2, 0.25) is 0 Å². The average molecular weight is 355 g/mol. The predicted octanol–water partition coefficient (Wildman–Crippen LogP) is 3.07. The molecule has 1 aromatic heterocycles. The molecular formula is C19H17NO6. The van der Waals surface area contributed by atoms with E-state index in [4.69, 9.17) is 18.6 Å². The molecule has 2 aromatic carbocycles. The summed E-state index contributed by atoms with van der Waals surface area (Å²) in [5, 5.41) is 3.24. The van der Waals surface area contributed by atoms with Gasteiger partial charge in [0.25, 0.3) is 5.91 Å². The third-order valence-corrected chi connectivity index (χ3v) is 3.85. The first-order chi connectivity index (χ1) is 12.5. The van der Waals surface area contributed by atoms with Crippen LogP contribution in [-0.4, -0.2) is 27.2 Å². The third kappa shape index (κ3) is 3.32. The van der Waals surface area contributed by atoms with Crippen molar-refractivity contribution in [1.29, 1.82) is 0 Å². The van der Waals surface area contributed by atoms with Crippen molar-refractivity contribution in [2.24, 2.45) is 0 Å². The molecule has 7 heteroatoms. The number of fused-ring (bicyclic) bond motifs is 1. The zero-order valence-corrected chi connectivity index (χ0v) is 14.5. The van der Waals surface area contributed by atoms with Crippen LogP contribution >= 0.6 is 0 Å². The van der Waals surface area contributed by atoms with Gasteiger partial charge in [-0.1, -0.05) is 0 Å². The van der Waals surface area contributed by atoms with Crippen molar-refractivity contribution >= 4 is 22.6 Å². The number of carbonyl (C=O) groups is 1. The van der Waals surface area contributed by atoms with Gasteiger partial charge in [-0.05, 0) is 24.3 Å². The number of rotatable bonds is 5. The number of hydrogen-bond acceptors (Lipinski definition) is 6. The smallest absolute Gasteiger partial charge is 0.337 e. The van der Waals surface area contributed by atoms with Crippen LogP contribution in [0.25, 0.3) is 11.0 Å². The van der Waals surface area contributed by atoms with Crippen LogP contribution in [0.5, 0.6) is 17.2 Å². The van der Waals surface area contributed by atoms with E-state index >= 15 is 0 Å². The molecule has 1 amide bonds. The lowest BCUT2D eigenvalue weighted by Gasteiger charge is -2.12. The van der Waals surface area contributed by atoms with Crippen LogP contribution in [0.4, 0.5) is 5.69 Å². The molecule has 26 heavy (non-hydrogen) atoms. The zero-order valence-electron chi connectivity index (χ0n) is 14.5. The Hall–Kier alpha value is -3.48. The van der Waals surface area contributed by atoms with Gasteiger partial charge in [-0.15, -0.1) is 0 Å². The summed E-state index contributed by atoms with van der Waals surface area (Å²) in [7, 11) is 4.53. The molecule has 1 heterocycles. The van der Waals surface area contributed by atoms with E-state index < -0.39 is 11.5 Å². The first-order valence-corrected chi connectivity index (χ1v) is 7.71. The summed E-state index contributed by atoms with van der Waals surface area (Å²) in [6.45, 7) is 0. The summed E-state index contributed by atoms with van der Waals surface area (Å²) in [5.41, 5.74) is 0.284. The van der Waals surface area contributed by atoms with Gasteiger partial charge in [0.1, 0.15) is 22.8 Å². The third-order valence-electron chi connectivity index (χ3n) is 3.85. The Bertz CT molecular complexity index is 1020. The second kappa shape index (κ2) is 7.18. The Kier molecular flexibility index (Phi) is 4.79. The first kappa shape index (κ1) is 17.3. The molecule has 0 atom stereocenters. The summed E-state index contributed by atoms with van der Waals surface area (Å²) < 4.78 is 20.7. The Morgan fingerprint density at radius 2 is 1.62 bits per heavy atom. The topological polar surface area (TPSA) is 87.0 Å². The Morgan fingerprint density at radius 1 is 0.923 bits per heavy atom. The molecule has 0 bridgehead atoms. The fourth-order valence-corrected chi connectivity index (χ4v) is 2.55. The van der Waals surface area contributed by atoms with Crippen LogP contribution in [-0.2, 0) is 0 Å². The van der Waals surface area contributed by atoms with Crippen LogP contribution < -0.4 is 25.2 Å². The molecule has 0 unspecified atom stereocenters. The molecule has 0 saturated carbocycles. The normalized spacial score (nSPS) is 10.4. The highest BCUT2D eigenvalue weighted by Crippen LogP contribution is 2.30. The molecule has 3 rings (SSSR count). The van der Waals surface area contributed by atoms with Gasteiger partial charge in [0.2, 0.25) is 0 Å². The number of amides is 1. The Morgan fingerprint density at radius 3 is 2.31 bits per heavy atom. The highest BCUT2D eigenvalue weighted by Gasteiger charge is 2.16. The number of carbonyl (C=O) groups excluding carboxylic acids is 1. The maximum atomic E-state index is 12.7. The molecule has 0 spiro atoms. The van der Waals surface area contributed by atoms with Crippen LogP contribution in [0.1, 0.15) is 10.4 Å². The quantitative estimate of drug-likeness (QED) is 0.708. The van der Waals surface area contributed by atoms with E-state index in [0.29, 0.717) is 28.3 Å². The van der Waals surface area contributed by atoms with Crippen molar-refractivity contribution in [3.05, 3.63) is 58.4 Å². The number of benzene rings is 2. The van der Waals surface area contributed by atoms with Crippen LogP contribution in [0, 0.1) is 0 Å². The van der Waals surface area contributed by atoms with Gasteiger partial charge in [0.15, 0.2) is 0 Å². The lowest BCUT2D eigenvalue weighted by atomic mass is 10.1. The lowest BCUT2D eigenvalue weighted by Crippen LogP contribution is -2.15. The van der Waals surface area contributed by atoms with Crippen molar-refractivity contribution in [3.63, 3.8) is 0 Å². The van der Waals surface area contributed by atoms with Gasteiger partial charge < -0.3 is 23.9 Å². The largest absolute Gasteiger partial charge is 0.497 e. The fourth-order valence-electron chi connectivity index (χ4n) is 2.55. The van der Waals surface area contributed by atoms with Crippen molar-refractivity contribution in [1.82, 2.24) is 0 Å². The van der Waals surface area contributed by atoms with Gasteiger partial charge in [-0.3, -0.25) is 4.79 Å². The minimum absolute atomic E-state index is 0.191. The molecule has 1 N–H and O–H groups in total. The summed E-state index contributed by atoms with van der Waals surface area (Å²) in [6, 6.07) is 11.1. The van der Waals surface area contributed by atoms with E-state index in [9.17, 15) is 9.59 Å². The highest BCUT2D eigenvalue weighted by atomic mass is 16.5. The summed E-state index contributed by atoms with van der Waals surface area (Å²) in [5.74, 6) is 1.09. The minimum atomic E-state index is -0.627. The number of anilines is 1. The molecule has 0 fully saturated rings. The van der Waals surface area contributed by atoms with Crippen molar-refractivity contribution in [3.8, 4) is 17.2 Å². The van der Waals surface area contributed by atoms with E-state index in [2.05, 4.69) is 5.32 Å². The van der Waals surface area contributed by atoms with Crippen molar-refractivity contribution in [2.45, 2.75) is 0 Å². The lowest BCUT2D eigenvalue weighted by molar-refractivity contribution is 0.102. The molecule has 0 aliphatic rings. The minimum Gasteiger partial charge on any atom is -0.497 e. The van der Waals surface area contributed by atoms with Gasteiger partial charge >= 0.3 is 5.63 Å². The second-order valence-corrected chi connectivity index (χ2v) is 5.36. The maximum Gasteiger partial charge on any atom is 0.337 e. The Labute approximate surface area is 149 Å². The second-order valence-electron chi connectivity index (χ2n) is 5.36. The van der Waals surface area contributed by atoms with Gasteiger partial charge in [0, 0.05) is 23.6 Å². The van der Waals surface area contributed by atoms with Gasteiger partial charge in [0.05, 0.1) is 32.6 Å². The SMILES string of the molecule is COc1ccc(NC(=O)c2cc(=O)oc3cc(OC)ccc23)c(OC)c1. The van der Waals surface area contributed by atoms with Crippen molar-refractivity contribution < 1.29 is 23.4 Å². The average Bonchev–Trinajstić information content (AvgIpc) is 2.66. The summed E-state index contributed by atoms with van der Waals surface area (Å²) >= 11 is 0. The number of nitrogens with one attached hydrogen (secondary N) is 1. The highest BCUT2D eigenvalue weighted by molar-refractivity contribution is 6.12. The van der Waals surface area contributed by atoms with E-state index in [0.717, 1.165) is 6.07 Å². The Balaban J connectivity index is 2.02. The standard InChI is InChI=1S/C19H17NO6/c1-23-11-4-6-13-14(10-18(21)26-16(13)8-11)19(22)20-15-7-5-12(24-2)9-17(15)25-3/h4-10H,1-3H3,(H,20,22). The van der Waals surface area contributed by atoms with E-state index in [1.807, 2.05) is 0 Å². The van der Waals surface area contributed by atoms with E-state index in [1.165, 1.54) is 21.3 Å². The molecule has 0 radical (unpaired) electrons. The van der Waals surface area contributed by atoms with Crippen LogP contribution in [0.3, 0.4) is 0 Å². The monoisotopic (exact) mass is 355 g/mol. The van der Waals surface area contributed by atoms with Crippen LogP contribution in [0.15, 0.2) is 51.7 Å². The van der Waals surface area contributed by atoms with Gasteiger partial charge in [-0.2, -0.15) is 0 Å². The zero-order chi connectivity index (χ0) is 18.7. The number of ether oxygens (including phenoxy) is 3. The van der Waals surface area contributed by atoms with E-state index in [-0.39, 0.29) is 11.1 Å².